The van der Waals surface area contributed by atoms with Crippen molar-refractivity contribution in [2.75, 3.05) is 0 Å². The monoisotopic (exact) mass is 686 g/mol. The standard InChI is InChI=1S/C44H22N4O5/c45-23-50-36-12-6-27-1-3-31(17-33(27)19-36)43-39-21-32(4-2-29(39)9-15-41(43)51-24-46)44-40-22-38(14-8-30(40)10-16-42(44)52-25-47)53-37-13-7-28-5-11-35(48-26-49)18-34(28)20-37/h1-22H. The summed E-state index contributed by atoms with van der Waals surface area (Å²) in [6.45, 7) is 0. The van der Waals surface area contributed by atoms with Gasteiger partial charge < -0.3 is 18.9 Å². The summed E-state index contributed by atoms with van der Waals surface area (Å²) in [5.74, 6) is 2.26. The fraction of sp³-hybridized carbons (Fsp3) is 0. The molecular weight excluding hydrogens is 665 g/mol. The first-order valence-electron chi connectivity index (χ1n) is 16.2. The van der Waals surface area contributed by atoms with Gasteiger partial charge in [-0.25, -0.2) is 4.79 Å². The quantitative estimate of drug-likeness (QED) is 0.0874. The number of nitriles is 3. The van der Waals surface area contributed by atoms with Crippen LogP contribution in [0.15, 0.2) is 138 Å². The van der Waals surface area contributed by atoms with Gasteiger partial charge >= 0.3 is 0 Å². The molecular formula is C44H22N4O5. The molecule has 0 aliphatic rings. The Balaban J connectivity index is 1.28. The Kier molecular flexibility index (Phi) is 8.25. The van der Waals surface area contributed by atoms with E-state index in [1.807, 2.05) is 110 Å². The first kappa shape index (κ1) is 32.1. The lowest BCUT2D eigenvalue weighted by Gasteiger charge is -2.16. The molecule has 0 aromatic heterocycles. The zero-order valence-electron chi connectivity index (χ0n) is 27.5. The zero-order chi connectivity index (χ0) is 36.3. The number of isocyanates is 1. The highest BCUT2D eigenvalue weighted by Gasteiger charge is 2.18. The van der Waals surface area contributed by atoms with Crippen LogP contribution in [0.25, 0.3) is 65.3 Å². The van der Waals surface area contributed by atoms with E-state index in [-0.39, 0.29) is 0 Å². The fourth-order valence-electron chi connectivity index (χ4n) is 6.69. The van der Waals surface area contributed by atoms with Crippen LogP contribution in [0.3, 0.4) is 0 Å². The van der Waals surface area contributed by atoms with Crippen LogP contribution in [0, 0.1) is 34.6 Å². The highest BCUT2D eigenvalue weighted by Crippen LogP contribution is 2.44. The molecule has 0 spiro atoms. The maximum absolute atomic E-state index is 10.8. The molecule has 0 aliphatic carbocycles. The van der Waals surface area contributed by atoms with E-state index in [2.05, 4.69) is 4.99 Å². The number of carbonyl (C=O) groups excluding carboxylic acids is 1. The topological polar surface area (TPSA) is 138 Å². The van der Waals surface area contributed by atoms with Crippen LogP contribution in [0.1, 0.15) is 0 Å². The lowest BCUT2D eigenvalue weighted by Crippen LogP contribution is -1.93. The molecule has 9 nitrogen and oxygen atoms in total. The molecule has 0 atom stereocenters. The molecule has 0 fully saturated rings. The van der Waals surface area contributed by atoms with Gasteiger partial charge in [-0.3, -0.25) is 0 Å². The predicted molar refractivity (Wildman–Crippen MR) is 200 cm³/mol. The number of hydrogen-bond acceptors (Lipinski definition) is 9. The van der Waals surface area contributed by atoms with Crippen LogP contribution in [0.2, 0.25) is 0 Å². The minimum absolute atomic E-state index is 0.354. The van der Waals surface area contributed by atoms with Crippen LogP contribution in [0.5, 0.6) is 28.7 Å². The summed E-state index contributed by atoms with van der Waals surface area (Å²) >= 11 is 0. The first-order chi connectivity index (χ1) is 26.0. The number of aliphatic imine (C=N–C) groups is 1. The van der Waals surface area contributed by atoms with Crippen molar-refractivity contribution in [2.24, 2.45) is 4.99 Å². The van der Waals surface area contributed by atoms with Gasteiger partial charge in [0.05, 0.1) is 5.69 Å². The molecule has 0 saturated heterocycles. The minimum Gasteiger partial charge on any atom is -0.457 e. The van der Waals surface area contributed by atoms with Gasteiger partial charge in [0.2, 0.25) is 6.08 Å². The molecule has 0 bridgehead atoms. The zero-order valence-corrected chi connectivity index (χ0v) is 27.5. The third-order valence-corrected chi connectivity index (χ3v) is 9.01. The van der Waals surface area contributed by atoms with Crippen LogP contribution in [0.4, 0.5) is 5.69 Å². The smallest absolute Gasteiger partial charge is 0.292 e. The molecule has 9 heteroatoms. The second-order valence-corrected chi connectivity index (χ2v) is 12.0. The molecule has 248 valence electrons. The lowest BCUT2D eigenvalue weighted by molar-refractivity contribution is 0.484. The van der Waals surface area contributed by atoms with Crippen molar-refractivity contribution >= 4 is 54.9 Å². The van der Waals surface area contributed by atoms with Crippen molar-refractivity contribution in [3.8, 4) is 69.8 Å². The van der Waals surface area contributed by atoms with Gasteiger partial charge in [0.15, 0.2) is 11.5 Å². The highest BCUT2D eigenvalue weighted by molar-refractivity contribution is 6.07. The van der Waals surface area contributed by atoms with Crippen LogP contribution < -0.4 is 18.9 Å². The normalized spacial score (nSPS) is 10.6. The maximum Gasteiger partial charge on any atom is 0.292 e. The van der Waals surface area contributed by atoms with Gasteiger partial charge in [-0.1, -0.05) is 60.7 Å². The van der Waals surface area contributed by atoms with Crippen molar-refractivity contribution in [2.45, 2.75) is 0 Å². The Labute approximate surface area is 301 Å². The third kappa shape index (κ3) is 6.14. The Morgan fingerprint density at radius 1 is 0.434 bits per heavy atom. The van der Waals surface area contributed by atoms with Crippen molar-refractivity contribution < 1.29 is 23.7 Å². The number of benzene rings is 8. The summed E-state index contributed by atoms with van der Waals surface area (Å²) in [6, 6.07) is 41.2. The highest BCUT2D eigenvalue weighted by atomic mass is 16.5. The van der Waals surface area contributed by atoms with Crippen LogP contribution in [-0.2, 0) is 4.79 Å². The van der Waals surface area contributed by atoms with Crippen molar-refractivity contribution in [1.29, 1.82) is 15.8 Å². The van der Waals surface area contributed by atoms with E-state index in [9.17, 15) is 15.3 Å². The predicted octanol–water partition coefficient (Wildman–Crippen LogP) is 11.0. The molecule has 0 radical (unpaired) electrons. The molecule has 8 aromatic rings. The minimum atomic E-state index is 0.354. The number of ether oxygens (including phenoxy) is 4. The van der Waals surface area contributed by atoms with E-state index < -0.39 is 0 Å². The Bertz CT molecular complexity index is 2970. The Morgan fingerprint density at radius 3 is 1.58 bits per heavy atom. The fourth-order valence-corrected chi connectivity index (χ4v) is 6.69. The van der Waals surface area contributed by atoms with E-state index in [1.54, 1.807) is 48.7 Å². The molecule has 8 aromatic carbocycles. The van der Waals surface area contributed by atoms with Gasteiger partial charge in [0.1, 0.15) is 17.2 Å². The summed E-state index contributed by atoms with van der Waals surface area (Å²) < 4.78 is 22.5. The molecule has 0 saturated carbocycles. The molecule has 0 unspecified atom stereocenters. The van der Waals surface area contributed by atoms with E-state index in [0.29, 0.717) is 45.6 Å². The van der Waals surface area contributed by atoms with E-state index in [4.69, 9.17) is 24.2 Å². The maximum atomic E-state index is 10.8. The number of nitrogens with zero attached hydrogens (tertiary/aromatic N) is 4. The van der Waals surface area contributed by atoms with E-state index in [0.717, 1.165) is 54.2 Å². The van der Waals surface area contributed by atoms with Gasteiger partial charge in [-0.15, -0.1) is 15.8 Å². The summed E-state index contributed by atoms with van der Waals surface area (Å²) in [7, 11) is 0. The first-order valence-corrected chi connectivity index (χ1v) is 16.2. The molecule has 0 aliphatic heterocycles. The molecule has 8 rings (SSSR count). The molecule has 0 amide bonds. The summed E-state index contributed by atoms with van der Waals surface area (Å²) in [4.78, 5) is 14.5. The number of hydrogen-bond donors (Lipinski definition) is 0. The summed E-state index contributed by atoms with van der Waals surface area (Å²) in [6.07, 6.45) is 6.93. The average molecular weight is 687 g/mol. The van der Waals surface area contributed by atoms with Crippen LogP contribution in [-0.4, -0.2) is 6.08 Å². The van der Waals surface area contributed by atoms with E-state index in [1.165, 1.54) is 0 Å². The average Bonchev–Trinajstić information content (AvgIpc) is 3.17. The second kappa shape index (κ2) is 13.6. The summed E-state index contributed by atoms with van der Waals surface area (Å²) in [5.41, 5.74) is 3.38. The van der Waals surface area contributed by atoms with Crippen molar-refractivity contribution in [1.82, 2.24) is 0 Å². The molecule has 0 N–H and O–H groups in total. The van der Waals surface area contributed by atoms with Gasteiger partial charge in [0, 0.05) is 11.1 Å². The third-order valence-electron chi connectivity index (χ3n) is 9.01. The van der Waals surface area contributed by atoms with Gasteiger partial charge in [-0.05, 0) is 127 Å². The van der Waals surface area contributed by atoms with Gasteiger partial charge in [0.25, 0.3) is 18.8 Å². The SMILES string of the molecule is N#COc1ccc2ccc(-c3c(OC#N)ccc4ccc(-c5c(OC#N)ccc6ccc(Oc7ccc8ccc(N=C=O)cc8c7)cc56)cc34)cc2c1. The molecule has 53 heavy (non-hydrogen) atoms. The van der Waals surface area contributed by atoms with Crippen LogP contribution >= 0.6 is 0 Å². The Hall–Kier alpha value is -8.15. The second-order valence-electron chi connectivity index (χ2n) is 12.0. The molecule has 0 heterocycles. The largest absolute Gasteiger partial charge is 0.457 e. The lowest BCUT2D eigenvalue weighted by atomic mass is 9.91. The van der Waals surface area contributed by atoms with Crippen molar-refractivity contribution in [3.63, 3.8) is 0 Å². The van der Waals surface area contributed by atoms with E-state index >= 15 is 0 Å². The summed E-state index contributed by atoms with van der Waals surface area (Å²) in [5, 5.41) is 35.2. The van der Waals surface area contributed by atoms with Crippen molar-refractivity contribution in [3.05, 3.63) is 133 Å². The van der Waals surface area contributed by atoms with Gasteiger partial charge in [-0.2, -0.15) is 4.99 Å². The Morgan fingerprint density at radius 2 is 0.925 bits per heavy atom. The number of fused-ring (bicyclic) bond motifs is 4. The number of rotatable bonds is 8.